The zero-order valence-corrected chi connectivity index (χ0v) is 16.5. The lowest BCUT2D eigenvalue weighted by atomic mass is 9.72. The summed E-state index contributed by atoms with van der Waals surface area (Å²) < 4.78 is 6.34. The minimum Gasteiger partial charge on any atom is -0.487 e. The van der Waals surface area contributed by atoms with E-state index in [-0.39, 0.29) is 11.0 Å². The van der Waals surface area contributed by atoms with Gasteiger partial charge in [0.1, 0.15) is 19.4 Å². The zero-order valence-electron chi connectivity index (χ0n) is 15.5. The van der Waals surface area contributed by atoms with Crippen molar-refractivity contribution in [1.82, 2.24) is 0 Å². The molecule has 0 bridgehead atoms. The van der Waals surface area contributed by atoms with Gasteiger partial charge in [0.05, 0.1) is 0 Å². The van der Waals surface area contributed by atoms with E-state index >= 15 is 0 Å². The van der Waals surface area contributed by atoms with Crippen LogP contribution in [0.2, 0.25) is 19.6 Å². The molecular weight excluding hydrogens is 284 g/mol. The van der Waals surface area contributed by atoms with E-state index in [1.54, 1.807) is 0 Å². The molecule has 2 heteroatoms. The molecule has 0 saturated heterocycles. The van der Waals surface area contributed by atoms with E-state index in [9.17, 15) is 0 Å². The lowest BCUT2D eigenvalue weighted by Crippen LogP contribution is -2.41. The first-order chi connectivity index (χ1) is 9.93. The number of fused-ring (bicyclic) bond motifs is 1. The molecule has 2 rings (SSSR count). The lowest BCUT2D eigenvalue weighted by Gasteiger charge is -2.43. The van der Waals surface area contributed by atoms with Crippen molar-refractivity contribution < 1.29 is 4.74 Å². The quantitative estimate of drug-likeness (QED) is 0.504. The van der Waals surface area contributed by atoms with Gasteiger partial charge < -0.3 is 4.74 Å². The van der Waals surface area contributed by atoms with Crippen molar-refractivity contribution in [3.8, 4) is 17.2 Å². The predicted octanol–water partition coefficient (Wildman–Crippen LogP) is 5.32. The van der Waals surface area contributed by atoms with E-state index in [0.717, 1.165) is 24.2 Å². The second-order valence-electron chi connectivity index (χ2n) is 8.79. The molecule has 1 aliphatic heterocycles. The zero-order chi connectivity index (χ0) is 16.8. The Kier molecular flexibility index (Phi) is 4.26. The smallest absolute Gasteiger partial charge is 0.129 e. The number of hydrogen-bond acceptors (Lipinski definition) is 1. The van der Waals surface area contributed by atoms with Crippen LogP contribution in [0.15, 0.2) is 12.1 Å². The fourth-order valence-electron chi connectivity index (χ4n) is 3.38. The molecule has 0 radical (unpaired) electrons. The molecule has 0 atom stereocenters. The molecule has 0 fully saturated rings. The third-order valence-corrected chi connectivity index (χ3v) is 4.98. The summed E-state index contributed by atoms with van der Waals surface area (Å²) in [5.41, 5.74) is 7.27. The molecule has 0 unspecified atom stereocenters. The van der Waals surface area contributed by atoms with E-state index < -0.39 is 8.07 Å². The SMILES string of the molecule is CCc1cc(C#C[Si](C)(C)C)cc2c1OC(C)(C)CC2(C)C. The van der Waals surface area contributed by atoms with Crippen LogP contribution >= 0.6 is 0 Å². The maximum atomic E-state index is 6.34. The highest BCUT2D eigenvalue weighted by Crippen LogP contribution is 2.46. The Labute approximate surface area is 137 Å². The molecular formula is C20H30OSi. The van der Waals surface area contributed by atoms with Crippen molar-refractivity contribution in [3.05, 3.63) is 28.8 Å². The average molecular weight is 315 g/mol. The fourth-order valence-corrected chi connectivity index (χ4v) is 3.90. The van der Waals surface area contributed by atoms with Crippen molar-refractivity contribution >= 4 is 8.07 Å². The third kappa shape index (κ3) is 3.76. The van der Waals surface area contributed by atoms with Crippen LogP contribution in [-0.4, -0.2) is 13.7 Å². The fraction of sp³-hybridized carbons (Fsp3) is 0.600. The van der Waals surface area contributed by atoms with Crippen LogP contribution in [0, 0.1) is 11.5 Å². The van der Waals surface area contributed by atoms with E-state index in [4.69, 9.17) is 4.74 Å². The standard InChI is InChI=1S/C20H30OSi/c1-9-16-12-15(10-11-22(6,7)8)13-17-18(16)21-20(4,5)14-19(17,2)3/h12-13H,9,14H2,1-8H3. The van der Waals surface area contributed by atoms with Gasteiger partial charge in [0.2, 0.25) is 0 Å². The highest BCUT2D eigenvalue weighted by atomic mass is 28.3. The van der Waals surface area contributed by atoms with E-state index in [1.807, 2.05) is 0 Å². The van der Waals surface area contributed by atoms with Crippen molar-refractivity contribution in [1.29, 1.82) is 0 Å². The molecule has 1 heterocycles. The number of aryl methyl sites for hydroxylation is 1. The van der Waals surface area contributed by atoms with E-state index in [0.29, 0.717) is 0 Å². The van der Waals surface area contributed by atoms with Crippen LogP contribution in [0.3, 0.4) is 0 Å². The van der Waals surface area contributed by atoms with Crippen LogP contribution in [-0.2, 0) is 11.8 Å². The summed E-state index contributed by atoms with van der Waals surface area (Å²) in [4.78, 5) is 0. The largest absolute Gasteiger partial charge is 0.487 e. The lowest BCUT2D eigenvalue weighted by molar-refractivity contribution is 0.0522. The molecule has 0 saturated carbocycles. The van der Waals surface area contributed by atoms with Gasteiger partial charge in [-0.3, -0.25) is 0 Å². The maximum Gasteiger partial charge on any atom is 0.129 e. The van der Waals surface area contributed by atoms with Crippen molar-refractivity contribution in [2.75, 3.05) is 0 Å². The minimum atomic E-state index is -1.35. The Bertz CT molecular complexity index is 636. The van der Waals surface area contributed by atoms with Crippen LogP contribution in [0.5, 0.6) is 5.75 Å². The molecule has 0 aromatic heterocycles. The summed E-state index contributed by atoms with van der Waals surface area (Å²) in [7, 11) is -1.35. The number of hydrogen-bond donors (Lipinski definition) is 0. The molecule has 0 aliphatic carbocycles. The van der Waals surface area contributed by atoms with Gasteiger partial charge in [-0.1, -0.05) is 46.3 Å². The summed E-state index contributed by atoms with van der Waals surface area (Å²) in [5.74, 6) is 4.52. The van der Waals surface area contributed by atoms with Gasteiger partial charge >= 0.3 is 0 Å². The average Bonchev–Trinajstić information content (AvgIpc) is 2.33. The summed E-state index contributed by atoms with van der Waals surface area (Å²) in [5, 5.41) is 0. The van der Waals surface area contributed by atoms with Crippen LogP contribution in [0.4, 0.5) is 0 Å². The second-order valence-corrected chi connectivity index (χ2v) is 13.5. The number of benzene rings is 1. The van der Waals surface area contributed by atoms with Gasteiger partial charge in [-0.15, -0.1) is 5.54 Å². The molecule has 0 spiro atoms. The molecule has 1 aliphatic rings. The van der Waals surface area contributed by atoms with E-state index in [1.165, 1.54) is 11.1 Å². The summed E-state index contributed by atoms with van der Waals surface area (Å²) in [6.45, 7) is 18.1. The van der Waals surface area contributed by atoms with Crippen molar-refractivity contribution in [2.24, 2.45) is 0 Å². The monoisotopic (exact) mass is 314 g/mol. The van der Waals surface area contributed by atoms with Gasteiger partial charge in [-0.2, -0.15) is 0 Å². The van der Waals surface area contributed by atoms with Crippen molar-refractivity contribution in [3.63, 3.8) is 0 Å². The molecule has 22 heavy (non-hydrogen) atoms. The molecule has 1 aromatic rings. The third-order valence-electron chi connectivity index (χ3n) is 4.10. The Balaban J connectivity index is 2.60. The minimum absolute atomic E-state index is 0.105. The highest BCUT2D eigenvalue weighted by molar-refractivity contribution is 6.83. The molecule has 1 aromatic carbocycles. The number of ether oxygens (including phenoxy) is 1. The second kappa shape index (κ2) is 5.46. The van der Waals surface area contributed by atoms with Crippen molar-refractivity contribution in [2.45, 2.75) is 78.1 Å². The first-order valence-electron chi connectivity index (χ1n) is 8.33. The van der Waals surface area contributed by atoms with E-state index in [2.05, 4.69) is 77.9 Å². The Morgan fingerprint density at radius 2 is 1.77 bits per heavy atom. The van der Waals surface area contributed by atoms with Gasteiger partial charge in [-0.25, -0.2) is 0 Å². The Morgan fingerprint density at radius 1 is 1.14 bits per heavy atom. The first-order valence-corrected chi connectivity index (χ1v) is 11.8. The molecule has 0 N–H and O–H groups in total. The Hall–Kier alpha value is -1.20. The highest BCUT2D eigenvalue weighted by Gasteiger charge is 2.40. The molecule has 1 nitrogen and oxygen atoms in total. The van der Waals surface area contributed by atoms with Crippen LogP contribution in [0.1, 0.15) is 57.7 Å². The topological polar surface area (TPSA) is 9.23 Å². The molecule has 120 valence electrons. The summed E-state index contributed by atoms with van der Waals surface area (Å²) in [6.07, 6.45) is 2.01. The predicted molar refractivity (Wildman–Crippen MR) is 98.4 cm³/mol. The van der Waals surface area contributed by atoms with Crippen LogP contribution < -0.4 is 4.74 Å². The maximum absolute atomic E-state index is 6.34. The number of rotatable bonds is 1. The Morgan fingerprint density at radius 3 is 2.32 bits per heavy atom. The van der Waals surface area contributed by atoms with Crippen LogP contribution in [0.25, 0.3) is 0 Å². The first kappa shape index (κ1) is 17.2. The van der Waals surface area contributed by atoms with Gasteiger partial charge in [-0.05, 0) is 49.8 Å². The summed E-state index contributed by atoms with van der Waals surface area (Å²) >= 11 is 0. The normalized spacial score (nSPS) is 18.7. The summed E-state index contributed by atoms with van der Waals surface area (Å²) in [6, 6.07) is 4.49. The van der Waals surface area contributed by atoms with Gasteiger partial charge in [0.25, 0.3) is 0 Å². The molecule has 0 amide bonds. The van der Waals surface area contributed by atoms with Gasteiger partial charge in [0, 0.05) is 11.1 Å². The van der Waals surface area contributed by atoms with Gasteiger partial charge in [0.15, 0.2) is 0 Å².